The summed E-state index contributed by atoms with van der Waals surface area (Å²) in [4.78, 5) is 17.0. The molecule has 4 rings (SSSR count). The molecule has 0 fully saturated rings. The average Bonchev–Trinajstić information content (AvgIpc) is 3.48. The van der Waals surface area contributed by atoms with Crippen molar-refractivity contribution < 1.29 is 27.4 Å². The standard InChI is InChI=1S/C24H24F3N5O3/c1-4-7-31-12-16(11-30-31)15-5-6-19-18(8-15)29-14-32(19)17-9-20(34-2)22(21(10-17)35-3)23(33)28-13-24(25,26)27/h5-6,8-12,14H,4,7,13H2,1-3H3,(H,28,33). The van der Waals surface area contributed by atoms with E-state index in [-0.39, 0.29) is 17.1 Å². The Morgan fingerprint density at radius 2 is 1.80 bits per heavy atom. The molecule has 2 heterocycles. The molecule has 0 saturated carbocycles. The number of carbonyl (C=O) groups excluding carboxylic acids is 1. The van der Waals surface area contributed by atoms with Crippen LogP contribution in [0, 0.1) is 0 Å². The largest absolute Gasteiger partial charge is 0.496 e. The molecule has 0 aliphatic heterocycles. The monoisotopic (exact) mass is 487 g/mol. The Hall–Kier alpha value is -4.02. The van der Waals surface area contributed by atoms with Crippen LogP contribution in [0.3, 0.4) is 0 Å². The summed E-state index contributed by atoms with van der Waals surface area (Å²) in [7, 11) is 2.66. The lowest BCUT2D eigenvalue weighted by molar-refractivity contribution is -0.123. The van der Waals surface area contributed by atoms with Crippen molar-refractivity contribution in [1.82, 2.24) is 24.6 Å². The number of hydrogen-bond donors (Lipinski definition) is 1. The van der Waals surface area contributed by atoms with Gasteiger partial charge in [0.05, 0.1) is 37.1 Å². The molecule has 11 heteroatoms. The van der Waals surface area contributed by atoms with Crippen LogP contribution in [0.5, 0.6) is 11.5 Å². The van der Waals surface area contributed by atoms with Crippen LogP contribution in [0.1, 0.15) is 23.7 Å². The summed E-state index contributed by atoms with van der Waals surface area (Å²) in [6.07, 6.45) is 1.86. The smallest absolute Gasteiger partial charge is 0.405 e. The average molecular weight is 487 g/mol. The summed E-state index contributed by atoms with van der Waals surface area (Å²) in [5.74, 6) is -0.812. The lowest BCUT2D eigenvalue weighted by Crippen LogP contribution is -2.34. The van der Waals surface area contributed by atoms with Crippen LogP contribution in [0.4, 0.5) is 13.2 Å². The first kappa shape index (κ1) is 24.1. The van der Waals surface area contributed by atoms with Gasteiger partial charge in [0, 0.05) is 30.4 Å². The number of ether oxygens (including phenoxy) is 2. The molecular weight excluding hydrogens is 463 g/mol. The van der Waals surface area contributed by atoms with Gasteiger partial charge in [-0.3, -0.25) is 14.0 Å². The number of nitrogens with one attached hydrogen (secondary N) is 1. The lowest BCUT2D eigenvalue weighted by atomic mass is 10.1. The zero-order valence-corrected chi connectivity index (χ0v) is 19.4. The summed E-state index contributed by atoms with van der Waals surface area (Å²) in [5.41, 5.74) is 3.91. The van der Waals surface area contributed by atoms with E-state index in [2.05, 4.69) is 17.0 Å². The van der Waals surface area contributed by atoms with Gasteiger partial charge in [0.1, 0.15) is 29.9 Å². The molecule has 0 unspecified atom stereocenters. The van der Waals surface area contributed by atoms with Gasteiger partial charge in [-0.05, 0) is 24.1 Å². The van der Waals surface area contributed by atoms with Gasteiger partial charge in [0.15, 0.2) is 0 Å². The van der Waals surface area contributed by atoms with Crippen LogP contribution < -0.4 is 14.8 Å². The number of fused-ring (bicyclic) bond motifs is 1. The molecular formula is C24H24F3N5O3. The van der Waals surface area contributed by atoms with Crippen LogP contribution in [0.15, 0.2) is 49.1 Å². The van der Waals surface area contributed by atoms with E-state index < -0.39 is 18.6 Å². The Morgan fingerprint density at radius 1 is 1.09 bits per heavy atom. The van der Waals surface area contributed by atoms with Gasteiger partial charge in [-0.1, -0.05) is 13.0 Å². The minimum atomic E-state index is -4.54. The Morgan fingerprint density at radius 3 is 2.43 bits per heavy atom. The quantitative estimate of drug-likeness (QED) is 0.393. The first-order valence-corrected chi connectivity index (χ1v) is 10.8. The number of amides is 1. The SMILES string of the molecule is CCCn1cc(-c2ccc3c(c2)ncn3-c2cc(OC)c(C(=O)NCC(F)(F)F)c(OC)c2)cn1. The number of halogens is 3. The highest BCUT2D eigenvalue weighted by atomic mass is 19.4. The number of benzene rings is 2. The maximum absolute atomic E-state index is 12.6. The summed E-state index contributed by atoms with van der Waals surface area (Å²) >= 11 is 0. The lowest BCUT2D eigenvalue weighted by Gasteiger charge is -2.16. The zero-order chi connectivity index (χ0) is 25.2. The van der Waals surface area contributed by atoms with Crippen molar-refractivity contribution in [3.63, 3.8) is 0 Å². The fourth-order valence-corrected chi connectivity index (χ4v) is 3.79. The predicted molar refractivity (Wildman–Crippen MR) is 124 cm³/mol. The van der Waals surface area contributed by atoms with E-state index in [9.17, 15) is 18.0 Å². The van der Waals surface area contributed by atoms with Gasteiger partial charge in [-0.25, -0.2) is 4.98 Å². The fraction of sp³-hybridized carbons (Fsp3) is 0.292. The van der Waals surface area contributed by atoms with Crippen molar-refractivity contribution in [1.29, 1.82) is 0 Å². The summed E-state index contributed by atoms with van der Waals surface area (Å²) in [5, 5.41) is 6.22. The highest BCUT2D eigenvalue weighted by Crippen LogP contribution is 2.34. The first-order chi connectivity index (χ1) is 16.7. The Balaban J connectivity index is 1.70. The number of nitrogens with zero attached hydrogens (tertiary/aromatic N) is 4. The summed E-state index contributed by atoms with van der Waals surface area (Å²) in [6.45, 7) is 1.46. The minimum absolute atomic E-state index is 0.0702. The van der Waals surface area contributed by atoms with Crippen LogP contribution >= 0.6 is 0 Å². The van der Waals surface area contributed by atoms with Crippen LogP contribution in [-0.2, 0) is 6.54 Å². The van der Waals surface area contributed by atoms with Gasteiger partial charge in [0.2, 0.25) is 0 Å². The molecule has 8 nitrogen and oxygen atoms in total. The number of aryl methyl sites for hydroxylation is 1. The highest BCUT2D eigenvalue weighted by Gasteiger charge is 2.30. The molecule has 0 spiro atoms. The number of rotatable bonds is 8. The predicted octanol–water partition coefficient (Wildman–Crippen LogP) is 4.61. The molecule has 0 radical (unpaired) electrons. The molecule has 2 aromatic heterocycles. The molecule has 0 bridgehead atoms. The van der Waals surface area contributed by atoms with Crippen molar-refractivity contribution in [3.8, 4) is 28.3 Å². The normalized spacial score (nSPS) is 11.6. The molecule has 0 aliphatic carbocycles. The van der Waals surface area contributed by atoms with Crippen LogP contribution in [0.2, 0.25) is 0 Å². The summed E-state index contributed by atoms with van der Waals surface area (Å²) < 4.78 is 52.0. The Bertz CT molecular complexity index is 1340. The Kier molecular flexibility index (Phi) is 6.68. The summed E-state index contributed by atoms with van der Waals surface area (Å²) in [6, 6.07) is 8.93. The molecule has 184 valence electrons. The van der Waals surface area contributed by atoms with E-state index in [1.165, 1.54) is 14.2 Å². The number of carbonyl (C=O) groups is 1. The maximum atomic E-state index is 12.6. The van der Waals surface area contributed by atoms with Gasteiger partial charge in [-0.2, -0.15) is 18.3 Å². The molecule has 1 amide bonds. The van der Waals surface area contributed by atoms with Crippen molar-refractivity contribution in [2.75, 3.05) is 20.8 Å². The molecule has 2 aromatic carbocycles. The van der Waals surface area contributed by atoms with Crippen LogP contribution in [-0.4, -0.2) is 52.2 Å². The van der Waals surface area contributed by atoms with E-state index >= 15 is 0 Å². The molecule has 0 saturated heterocycles. The molecule has 1 N–H and O–H groups in total. The molecule has 35 heavy (non-hydrogen) atoms. The number of hydrogen-bond acceptors (Lipinski definition) is 5. The number of methoxy groups -OCH3 is 2. The zero-order valence-electron chi connectivity index (χ0n) is 19.4. The third-order valence-corrected chi connectivity index (χ3v) is 5.41. The van der Waals surface area contributed by atoms with Gasteiger partial charge in [0.25, 0.3) is 5.91 Å². The van der Waals surface area contributed by atoms with E-state index in [1.54, 1.807) is 23.0 Å². The second kappa shape index (κ2) is 9.69. The second-order valence-electron chi connectivity index (χ2n) is 7.83. The number of imidazole rings is 1. The van der Waals surface area contributed by atoms with E-state index in [1.807, 2.05) is 40.6 Å². The number of aromatic nitrogens is 4. The number of alkyl halides is 3. The van der Waals surface area contributed by atoms with Crippen molar-refractivity contribution >= 4 is 16.9 Å². The van der Waals surface area contributed by atoms with Crippen molar-refractivity contribution in [2.24, 2.45) is 0 Å². The maximum Gasteiger partial charge on any atom is 0.405 e. The van der Waals surface area contributed by atoms with E-state index in [4.69, 9.17) is 9.47 Å². The first-order valence-electron chi connectivity index (χ1n) is 10.8. The molecule has 4 aromatic rings. The van der Waals surface area contributed by atoms with Crippen molar-refractivity contribution in [2.45, 2.75) is 26.1 Å². The second-order valence-corrected chi connectivity index (χ2v) is 7.83. The highest BCUT2D eigenvalue weighted by molar-refractivity contribution is 6.00. The van der Waals surface area contributed by atoms with E-state index in [0.717, 1.165) is 35.1 Å². The van der Waals surface area contributed by atoms with Gasteiger partial charge >= 0.3 is 6.18 Å². The molecule has 0 atom stereocenters. The van der Waals surface area contributed by atoms with Crippen LogP contribution in [0.25, 0.3) is 27.8 Å². The fourth-order valence-electron chi connectivity index (χ4n) is 3.79. The van der Waals surface area contributed by atoms with E-state index in [0.29, 0.717) is 5.69 Å². The van der Waals surface area contributed by atoms with Gasteiger partial charge in [-0.15, -0.1) is 0 Å². The third-order valence-electron chi connectivity index (χ3n) is 5.41. The minimum Gasteiger partial charge on any atom is -0.496 e. The third kappa shape index (κ3) is 5.08. The Labute approximate surface area is 199 Å². The van der Waals surface area contributed by atoms with Crippen molar-refractivity contribution in [3.05, 3.63) is 54.6 Å². The molecule has 0 aliphatic rings. The topological polar surface area (TPSA) is 83.2 Å². The van der Waals surface area contributed by atoms with Gasteiger partial charge < -0.3 is 14.8 Å².